The number of carbonyl (C=O) groups is 1. The van der Waals surface area contributed by atoms with Crippen LogP contribution in [0.3, 0.4) is 0 Å². The zero-order valence-corrected chi connectivity index (χ0v) is 10.6. The van der Waals surface area contributed by atoms with Crippen molar-refractivity contribution in [3.63, 3.8) is 0 Å². The molecular formula is C12H14BrNO2. The molecule has 86 valence electrons. The van der Waals surface area contributed by atoms with E-state index in [1.54, 1.807) is 0 Å². The molecule has 1 heterocycles. The Morgan fingerprint density at radius 1 is 1.31 bits per heavy atom. The summed E-state index contributed by atoms with van der Waals surface area (Å²) in [6, 6.07) is 5.69. The molecule has 0 amide bonds. The van der Waals surface area contributed by atoms with Crippen molar-refractivity contribution in [2.75, 3.05) is 31.2 Å². The minimum absolute atomic E-state index is 0.696. The zero-order chi connectivity index (χ0) is 11.4. The normalized spacial score (nSPS) is 16.9. The third-order valence-electron chi connectivity index (χ3n) is 2.67. The summed E-state index contributed by atoms with van der Waals surface area (Å²) in [7, 11) is 0. The van der Waals surface area contributed by atoms with Gasteiger partial charge in [0.05, 0.1) is 12.3 Å². The molecule has 0 N–H and O–H groups in total. The van der Waals surface area contributed by atoms with Gasteiger partial charge in [0.1, 0.15) is 6.29 Å². The summed E-state index contributed by atoms with van der Waals surface area (Å²) < 4.78 is 6.39. The van der Waals surface area contributed by atoms with Crippen LogP contribution in [-0.4, -0.2) is 32.6 Å². The standard InChI is InChI=1S/C12H14BrNO2/c13-11-8-10(9-15)2-3-12(11)14-4-1-6-16-7-5-14/h2-3,8-9H,1,4-7H2. The maximum atomic E-state index is 10.6. The Labute approximate surface area is 104 Å². The molecule has 0 bridgehead atoms. The molecular weight excluding hydrogens is 270 g/mol. The first-order chi connectivity index (χ1) is 7.81. The molecule has 0 unspecified atom stereocenters. The number of aldehydes is 1. The van der Waals surface area contributed by atoms with Gasteiger partial charge < -0.3 is 9.64 Å². The summed E-state index contributed by atoms with van der Waals surface area (Å²) in [5.41, 5.74) is 1.83. The Balaban J connectivity index is 2.21. The Bertz CT molecular complexity index is 373. The summed E-state index contributed by atoms with van der Waals surface area (Å²) in [4.78, 5) is 12.9. The van der Waals surface area contributed by atoms with Crippen molar-refractivity contribution >= 4 is 27.9 Å². The first kappa shape index (κ1) is 11.6. The van der Waals surface area contributed by atoms with Gasteiger partial charge in [-0.05, 0) is 40.5 Å². The third-order valence-corrected chi connectivity index (χ3v) is 3.31. The predicted octanol–water partition coefficient (Wildman–Crippen LogP) is 2.49. The van der Waals surface area contributed by atoms with Gasteiger partial charge in [-0.15, -0.1) is 0 Å². The molecule has 3 nitrogen and oxygen atoms in total. The SMILES string of the molecule is O=Cc1ccc(N2CCCOCC2)c(Br)c1. The number of ether oxygens (including phenoxy) is 1. The monoisotopic (exact) mass is 283 g/mol. The van der Waals surface area contributed by atoms with E-state index in [9.17, 15) is 4.79 Å². The van der Waals surface area contributed by atoms with Crippen molar-refractivity contribution in [3.8, 4) is 0 Å². The number of anilines is 1. The van der Waals surface area contributed by atoms with E-state index in [0.717, 1.165) is 49.2 Å². The Kier molecular flexibility index (Phi) is 3.96. The van der Waals surface area contributed by atoms with E-state index in [-0.39, 0.29) is 0 Å². The van der Waals surface area contributed by atoms with Gasteiger partial charge in [-0.2, -0.15) is 0 Å². The molecule has 0 spiro atoms. The van der Waals surface area contributed by atoms with Gasteiger partial charge in [0.15, 0.2) is 0 Å². The molecule has 0 aromatic heterocycles. The summed E-state index contributed by atoms with van der Waals surface area (Å²) >= 11 is 3.51. The lowest BCUT2D eigenvalue weighted by Crippen LogP contribution is -2.26. The molecule has 0 atom stereocenters. The quantitative estimate of drug-likeness (QED) is 0.781. The second kappa shape index (κ2) is 5.46. The van der Waals surface area contributed by atoms with Crippen molar-refractivity contribution < 1.29 is 9.53 Å². The van der Waals surface area contributed by atoms with Crippen LogP contribution < -0.4 is 4.90 Å². The van der Waals surface area contributed by atoms with Gasteiger partial charge in [0.25, 0.3) is 0 Å². The zero-order valence-electron chi connectivity index (χ0n) is 8.99. The van der Waals surface area contributed by atoms with E-state index in [2.05, 4.69) is 20.8 Å². The lowest BCUT2D eigenvalue weighted by atomic mass is 10.2. The molecule has 1 aromatic rings. The highest BCUT2D eigenvalue weighted by Gasteiger charge is 2.12. The van der Waals surface area contributed by atoms with Crippen LogP contribution in [0.25, 0.3) is 0 Å². The minimum Gasteiger partial charge on any atom is -0.380 e. The molecule has 1 aromatic carbocycles. The van der Waals surface area contributed by atoms with Gasteiger partial charge >= 0.3 is 0 Å². The van der Waals surface area contributed by atoms with Crippen molar-refractivity contribution in [2.45, 2.75) is 6.42 Å². The fourth-order valence-corrected chi connectivity index (χ4v) is 2.49. The number of hydrogen-bond acceptors (Lipinski definition) is 3. The van der Waals surface area contributed by atoms with Crippen molar-refractivity contribution in [1.29, 1.82) is 0 Å². The smallest absolute Gasteiger partial charge is 0.150 e. The van der Waals surface area contributed by atoms with Crippen LogP contribution in [-0.2, 0) is 4.74 Å². The van der Waals surface area contributed by atoms with Crippen molar-refractivity contribution in [3.05, 3.63) is 28.2 Å². The van der Waals surface area contributed by atoms with Gasteiger partial charge in [-0.1, -0.05) is 0 Å². The van der Waals surface area contributed by atoms with E-state index in [0.29, 0.717) is 5.56 Å². The topological polar surface area (TPSA) is 29.5 Å². The molecule has 1 saturated heterocycles. The van der Waals surface area contributed by atoms with Gasteiger partial charge in [-0.25, -0.2) is 0 Å². The predicted molar refractivity (Wildman–Crippen MR) is 67.2 cm³/mol. The summed E-state index contributed by atoms with van der Waals surface area (Å²) in [6.07, 6.45) is 1.90. The largest absolute Gasteiger partial charge is 0.380 e. The number of carbonyl (C=O) groups excluding carboxylic acids is 1. The van der Waals surface area contributed by atoms with Crippen LogP contribution in [0.15, 0.2) is 22.7 Å². The van der Waals surface area contributed by atoms with Gasteiger partial charge in [0, 0.05) is 29.7 Å². The highest BCUT2D eigenvalue weighted by molar-refractivity contribution is 9.10. The molecule has 4 heteroatoms. The number of nitrogens with zero attached hydrogens (tertiary/aromatic N) is 1. The van der Waals surface area contributed by atoms with Crippen molar-refractivity contribution in [1.82, 2.24) is 0 Å². The number of benzene rings is 1. The highest BCUT2D eigenvalue weighted by atomic mass is 79.9. The van der Waals surface area contributed by atoms with Crippen LogP contribution in [0.1, 0.15) is 16.8 Å². The molecule has 0 radical (unpaired) electrons. The van der Waals surface area contributed by atoms with Crippen LogP contribution in [0.2, 0.25) is 0 Å². The van der Waals surface area contributed by atoms with Crippen LogP contribution in [0, 0.1) is 0 Å². The second-order valence-corrected chi connectivity index (χ2v) is 4.64. The maximum Gasteiger partial charge on any atom is 0.150 e. The van der Waals surface area contributed by atoms with E-state index in [1.807, 2.05) is 18.2 Å². The molecule has 2 rings (SSSR count). The first-order valence-electron chi connectivity index (χ1n) is 5.38. The summed E-state index contributed by atoms with van der Waals surface area (Å²) in [6.45, 7) is 3.50. The number of halogens is 1. The fourth-order valence-electron chi connectivity index (χ4n) is 1.84. The lowest BCUT2D eigenvalue weighted by Gasteiger charge is -2.23. The lowest BCUT2D eigenvalue weighted by molar-refractivity contribution is 0.112. The summed E-state index contributed by atoms with van der Waals surface area (Å²) in [5, 5.41) is 0. The average molecular weight is 284 g/mol. The molecule has 1 fully saturated rings. The Morgan fingerprint density at radius 2 is 2.19 bits per heavy atom. The van der Waals surface area contributed by atoms with Gasteiger partial charge in [-0.3, -0.25) is 4.79 Å². The van der Waals surface area contributed by atoms with E-state index in [4.69, 9.17) is 4.74 Å². The summed E-state index contributed by atoms with van der Waals surface area (Å²) in [5.74, 6) is 0. The van der Waals surface area contributed by atoms with Crippen LogP contribution in [0.4, 0.5) is 5.69 Å². The maximum absolute atomic E-state index is 10.6. The Morgan fingerprint density at radius 3 is 2.94 bits per heavy atom. The fraction of sp³-hybridized carbons (Fsp3) is 0.417. The molecule has 0 aliphatic carbocycles. The Hall–Kier alpha value is -0.870. The molecule has 0 saturated carbocycles. The van der Waals surface area contributed by atoms with Crippen LogP contribution in [0.5, 0.6) is 0 Å². The van der Waals surface area contributed by atoms with Gasteiger partial charge in [0.2, 0.25) is 0 Å². The highest BCUT2D eigenvalue weighted by Crippen LogP contribution is 2.27. The van der Waals surface area contributed by atoms with E-state index >= 15 is 0 Å². The number of hydrogen-bond donors (Lipinski definition) is 0. The minimum atomic E-state index is 0.696. The number of rotatable bonds is 2. The molecule has 16 heavy (non-hydrogen) atoms. The molecule has 1 aliphatic heterocycles. The van der Waals surface area contributed by atoms with Crippen LogP contribution >= 0.6 is 15.9 Å². The average Bonchev–Trinajstić information content (AvgIpc) is 2.57. The molecule has 1 aliphatic rings. The first-order valence-corrected chi connectivity index (χ1v) is 6.18. The van der Waals surface area contributed by atoms with E-state index < -0.39 is 0 Å². The third kappa shape index (κ3) is 2.62. The van der Waals surface area contributed by atoms with Crippen molar-refractivity contribution in [2.24, 2.45) is 0 Å². The second-order valence-electron chi connectivity index (χ2n) is 3.78. The van der Waals surface area contributed by atoms with E-state index in [1.165, 1.54) is 0 Å².